The highest BCUT2D eigenvalue weighted by Crippen LogP contribution is 2.28. The van der Waals surface area contributed by atoms with Gasteiger partial charge in [0.2, 0.25) is 10.1 Å². The predicted octanol–water partition coefficient (Wildman–Crippen LogP) is 0.619. The van der Waals surface area contributed by atoms with Crippen molar-refractivity contribution >= 4 is 22.4 Å². The lowest BCUT2D eigenvalue weighted by Crippen LogP contribution is -2.30. The molecule has 1 aromatic heterocycles. The Bertz CT molecular complexity index is 391. The molecule has 7 heteroatoms. The molecule has 2 N–H and O–H groups in total. The maximum atomic E-state index is 11.8. The third-order valence-corrected chi connectivity index (χ3v) is 3.33. The second-order valence-corrected chi connectivity index (χ2v) is 5.20. The number of aromatic nitrogens is 2. The van der Waals surface area contributed by atoms with Gasteiger partial charge in [-0.2, -0.15) is 0 Å². The molecule has 1 aromatic rings. The molecule has 0 atom stereocenters. The number of nitrogen functional groups attached to an aromatic ring is 1. The molecule has 6 nitrogen and oxygen atoms in total. The number of hydrogen-bond donors (Lipinski definition) is 1. The summed E-state index contributed by atoms with van der Waals surface area (Å²) in [6.07, 6.45) is 2.55. The fourth-order valence-corrected chi connectivity index (χ4v) is 1.93. The summed E-state index contributed by atoms with van der Waals surface area (Å²) in [6, 6.07) is 0. The van der Waals surface area contributed by atoms with Gasteiger partial charge in [0, 0.05) is 20.2 Å². The standard InChI is InChI=1S/C10H16N4O2S/c1-14(4-5-16-6-7-2-3-7)9(15)8-12-13-10(11)17-8/h7H,2-6H2,1H3,(H2,11,13). The van der Waals surface area contributed by atoms with Gasteiger partial charge in [0.15, 0.2) is 0 Å². The Morgan fingerprint density at radius 3 is 2.94 bits per heavy atom. The van der Waals surface area contributed by atoms with E-state index in [1.54, 1.807) is 11.9 Å². The maximum absolute atomic E-state index is 11.8. The molecule has 2 rings (SSSR count). The Morgan fingerprint density at radius 2 is 2.35 bits per heavy atom. The molecule has 0 spiro atoms. The van der Waals surface area contributed by atoms with Crippen molar-refractivity contribution < 1.29 is 9.53 Å². The van der Waals surface area contributed by atoms with Crippen LogP contribution >= 0.6 is 11.3 Å². The summed E-state index contributed by atoms with van der Waals surface area (Å²) in [5, 5.41) is 7.97. The van der Waals surface area contributed by atoms with Crippen molar-refractivity contribution in [3.8, 4) is 0 Å². The summed E-state index contributed by atoms with van der Waals surface area (Å²) in [4.78, 5) is 13.4. The quantitative estimate of drug-likeness (QED) is 0.754. The summed E-state index contributed by atoms with van der Waals surface area (Å²) in [7, 11) is 1.72. The summed E-state index contributed by atoms with van der Waals surface area (Å²) < 4.78 is 5.47. The highest BCUT2D eigenvalue weighted by molar-refractivity contribution is 7.16. The number of carbonyl (C=O) groups excluding carboxylic acids is 1. The molecule has 0 aromatic carbocycles. The van der Waals surface area contributed by atoms with Crippen LogP contribution in [0.3, 0.4) is 0 Å². The van der Waals surface area contributed by atoms with Crippen molar-refractivity contribution in [3.63, 3.8) is 0 Å². The van der Waals surface area contributed by atoms with Gasteiger partial charge in [-0.25, -0.2) is 0 Å². The van der Waals surface area contributed by atoms with Crippen molar-refractivity contribution in [2.24, 2.45) is 5.92 Å². The van der Waals surface area contributed by atoms with Crippen LogP contribution in [-0.2, 0) is 4.74 Å². The first-order valence-corrected chi connectivity index (χ1v) is 6.40. The second-order valence-electron chi connectivity index (χ2n) is 4.19. The lowest BCUT2D eigenvalue weighted by Gasteiger charge is -2.15. The van der Waals surface area contributed by atoms with Crippen LogP contribution in [0.4, 0.5) is 5.13 Å². The third-order valence-electron chi connectivity index (χ3n) is 2.59. The van der Waals surface area contributed by atoms with Crippen LogP contribution in [-0.4, -0.2) is 47.8 Å². The van der Waals surface area contributed by atoms with Crippen LogP contribution in [0.2, 0.25) is 0 Å². The number of amides is 1. The van der Waals surface area contributed by atoms with Gasteiger partial charge in [-0.05, 0) is 18.8 Å². The van der Waals surface area contributed by atoms with Crippen molar-refractivity contribution in [1.82, 2.24) is 15.1 Å². The molecule has 1 heterocycles. The van der Waals surface area contributed by atoms with Gasteiger partial charge in [0.1, 0.15) is 0 Å². The highest BCUT2D eigenvalue weighted by atomic mass is 32.1. The summed E-state index contributed by atoms with van der Waals surface area (Å²) in [6.45, 7) is 1.94. The zero-order valence-corrected chi connectivity index (χ0v) is 10.6. The van der Waals surface area contributed by atoms with E-state index in [1.165, 1.54) is 12.8 Å². The predicted molar refractivity (Wildman–Crippen MR) is 64.8 cm³/mol. The largest absolute Gasteiger partial charge is 0.379 e. The van der Waals surface area contributed by atoms with Crippen molar-refractivity contribution in [1.29, 1.82) is 0 Å². The molecule has 0 bridgehead atoms. The van der Waals surface area contributed by atoms with E-state index < -0.39 is 0 Å². The van der Waals surface area contributed by atoms with Gasteiger partial charge in [0.25, 0.3) is 5.91 Å². The number of carbonyl (C=O) groups is 1. The first-order valence-electron chi connectivity index (χ1n) is 5.59. The summed E-state index contributed by atoms with van der Waals surface area (Å²) in [5.41, 5.74) is 5.43. The summed E-state index contributed by atoms with van der Waals surface area (Å²) in [5.74, 6) is 0.591. The van der Waals surface area contributed by atoms with E-state index in [2.05, 4.69) is 10.2 Å². The first-order chi connectivity index (χ1) is 8.16. The van der Waals surface area contributed by atoms with Gasteiger partial charge in [0.05, 0.1) is 6.61 Å². The summed E-state index contributed by atoms with van der Waals surface area (Å²) >= 11 is 1.10. The zero-order valence-electron chi connectivity index (χ0n) is 9.76. The molecule has 0 radical (unpaired) electrons. The molecule has 1 aliphatic carbocycles. The van der Waals surface area contributed by atoms with Crippen LogP contribution < -0.4 is 5.73 Å². The molecule has 1 fully saturated rings. The van der Waals surface area contributed by atoms with E-state index in [0.717, 1.165) is 23.9 Å². The SMILES string of the molecule is CN(CCOCC1CC1)C(=O)c1nnc(N)s1. The first kappa shape index (κ1) is 12.3. The number of anilines is 1. The van der Waals surface area contributed by atoms with E-state index in [9.17, 15) is 4.79 Å². The molecule has 1 amide bonds. The Kier molecular flexibility index (Phi) is 3.90. The molecular weight excluding hydrogens is 240 g/mol. The van der Waals surface area contributed by atoms with Gasteiger partial charge < -0.3 is 15.4 Å². The minimum absolute atomic E-state index is 0.158. The number of ether oxygens (including phenoxy) is 1. The average molecular weight is 256 g/mol. The van der Waals surface area contributed by atoms with Crippen LogP contribution in [0, 0.1) is 5.92 Å². The molecule has 0 saturated heterocycles. The number of likely N-dealkylation sites (N-methyl/N-ethyl adjacent to an activating group) is 1. The number of hydrogen-bond acceptors (Lipinski definition) is 6. The van der Waals surface area contributed by atoms with Crippen molar-refractivity contribution in [2.75, 3.05) is 32.5 Å². The molecular formula is C10H16N4O2S. The third kappa shape index (κ3) is 3.64. The second kappa shape index (κ2) is 5.42. The van der Waals surface area contributed by atoms with E-state index in [1.807, 2.05) is 0 Å². The molecule has 1 saturated carbocycles. The molecule has 17 heavy (non-hydrogen) atoms. The number of nitrogens with two attached hydrogens (primary N) is 1. The van der Waals surface area contributed by atoms with E-state index >= 15 is 0 Å². The van der Waals surface area contributed by atoms with Gasteiger partial charge in [-0.1, -0.05) is 11.3 Å². The maximum Gasteiger partial charge on any atom is 0.284 e. The fraction of sp³-hybridized carbons (Fsp3) is 0.700. The van der Waals surface area contributed by atoms with Gasteiger partial charge in [-0.3, -0.25) is 4.79 Å². The van der Waals surface area contributed by atoms with Crippen LogP contribution in [0.5, 0.6) is 0 Å². The van der Waals surface area contributed by atoms with E-state index in [0.29, 0.717) is 23.3 Å². The highest BCUT2D eigenvalue weighted by Gasteiger charge is 2.21. The van der Waals surface area contributed by atoms with Gasteiger partial charge >= 0.3 is 0 Å². The molecule has 94 valence electrons. The minimum atomic E-state index is -0.158. The van der Waals surface area contributed by atoms with Crippen LogP contribution in [0.1, 0.15) is 22.6 Å². The topological polar surface area (TPSA) is 81.3 Å². The Morgan fingerprint density at radius 1 is 1.59 bits per heavy atom. The Labute approximate surface area is 104 Å². The average Bonchev–Trinajstić information content (AvgIpc) is 3.04. The number of rotatable bonds is 6. The normalized spacial score (nSPS) is 14.9. The van der Waals surface area contributed by atoms with Crippen molar-refractivity contribution in [2.45, 2.75) is 12.8 Å². The zero-order chi connectivity index (χ0) is 12.3. The van der Waals surface area contributed by atoms with Crippen LogP contribution in [0.15, 0.2) is 0 Å². The number of nitrogens with zero attached hydrogens (tertiary/aromatic N) is 3. The lowest BCUT2D eigenvalue weighted by atomic mass is 10.4. The van der Waals surface area contributed by atoms with Crippen molar-refractivity contribution in [3.05, 3.63) is 5.01 Å². The molecule has 0 unspecified atom stereocenters. The Balaban J connectivity index is 1.70. The monoisotopic (exact) mass is 256 g/mol. The fourth-order valence-electron chi connectivity index (χ4n) is 1.32. The lowest BCUT2D eigenvalue weighted by molar-refractivity contribution is 0.0680. The minimum Gasteiger partial charge on any atom is -0.379 e. The van der Waals surface area contributed by atoms with Crippen LogP contribution in [0.25, 0.3) is 0 Å². The van der Waals surface area contributed by atoms with E-state index in [4.69, 9.17) is 10.5 Å². The smallest absolute Gasteiger partial charge is 0.284 e. The van der Waals surface area contributed by atoms with E-state index in [-0.39, 0.29) is 5.91 Å². The molecule has 1 aliphatic rings. The Hall–Kier alpha value is -1.21. The van der Waals surface area contributed by atoms with Gasteiger partial charge in [-0.15, -0.1) is 10.2 Å². The molecule has 0 aliphatic heterocycles.